The van der Waals surface area contributed by atoms with Gasteiger partial charge in [0.1, 0.15) is 0 Å². The molecule has 7 heteroatoms. The monoisotopic (exact) mass is 391 g/mol. The fourth-order valence-electron chi connectivity index (χ4n) is 2.70. The Morgan fingerprint density at radius 3 is 2.33 bits per heavy atom. The fraction of sp³-hybridized carbons (Fsp3) is 0.350. The Balaban J connectivity index is 1.91. The molecule has 0 aliphatic rings. The van der Waals surface area contributed by atoms with Crippen LogP contribution in [-0.4, -0.2) is 40.8 Å². The minimum atomic E-state index is -3.54. The van der Waals surface area contributed by atoms with Gasteiger partial charge in [-0.25, -0.2) is 8.42 Å². The minimum Gasteiger partial charge on any atom is -0.493 e. The summed E-state index contributed by atoms with van der Waals surface area (Å²) in [7, 11) is -0.614. The second-order valence-electron chi connectivity index (χ2n) is 6.20. The first-order valence-electron chi connectivity index (χ1n) is 8.64. The van der Waals surface area contributed by atoms with E-state index in [1.165, 1.54) is 26.4 Å². The van der Waals surface area contributed by atoms with Crippen LogP contribution in [0.3, 0.4) is 0 Å². The third kappa shape index (κ3) is 5.72. The Bertz CT molecular complexity index is 865. The van der Waals surface area contributed by atoms with Crippen LogP contribution in [-0.2, 0) is 14.6 Å². The minimum absolute atomic E-state index is 0.0526. The van der Waals surface area contributed by atoms with Crippen LogP contribution in [0.1, 0.15) is 24.8 Å². The van der Waals surface area contributed by atoms with Gasteiger partial charge in [-0.2, -0.15) is 0 Å². The molecule has 0 aliphatic heterocycles. The van der Waals surface area contributed by atoms with Crippen LogP contribution in [0, 0.1) is 0 Å². The maximum atomic E-state index is 12.5. The molecule has 0 fully saturated rings. The van der Waals surface area contributed by atoms with Crippen molar-refractivity contribution in [1.82, 2.24) is 5.32 Å². The Kier molecular flexibility index (Phi) is 7.24. The number of hydrogen-bond acceptors (Lipinski definition) is 5. The number of amides is 1. The normalized spacial score (nSPS) is 12.3. The second-order valence-corrected chi connectivity index (χ2v) is 8.31. The highest BCUT2D eigenvalue weighted by Gasteiger charge is 2.18. The third-order valence-corrected chi connectivity index (χ3v) is 5.98. The molecule has 0 spiro atoms. The molecule has 0 aliphatic carbocycles. The molecule has 1 atom stereocenters. The molecule has 0 saturated carbocycles. The summed E-state index contributed by atoms with van der Waals surface area (Å²) in [6, 6.07) is 14.2. The molecule has 0 radical (unpaired) electrons. The summed E-state index contributed by atoms with van der Waals surface area (Å²) in [5, 5.41) is 2.69. The van der Waals surface area contributed by atoms with Crippen molar-refractivity contribution in [2.24, 2.45) is 0 Å². The molecular formula is C20H25NO5S. The van der Waals surface area contributed by atoms with Gasteiger partial charge in [0.25, 0.3) is 0 Å². The molecule has 6 nitrogen and oxygen atoms in total. The summed E-state index contributed by atoms with van der Waals surface area (Å²) in [5.41, 5.74) is 1.07. The number of benzene rings is 2. The molecule has 1 unspecified atom stereocenters. The molecule has 2 aromatic carbocycles. The lowest BCUT2D eigenvalue weighted by atomic mass is 9.98. The molecule has 0 saturated heterocycles. The van der Waals surface area contributed by atoms with Gasteiger partial charge in [0, 0.05) is 19.0 Å². The summed E-state index contributed by atoms with van der Waals surface area (Å²) in [6.07, 6.45) is 0.306. The predicted molar refractivity (Wildman–Crippen MR) is 104 cm³/mol. The molecule has 1 N–H and O–H groups in total. The molecular weight excluding hydrogens is 366 g/mol. The van der Waals surface area contributed by atoms with Crippen molar-refractivity contribution < 1.29 is 22.7 Å². The van der Waals surface area contributed by atoms with Gasteiger partial charge in [0.05, 0.1) is 24.9 Å². The Hall–Kier alpha value is -2.54. The maximum absolute atomic E-state index is 12.5. The average Bonchev–Trinajstić information content (AvgIpc) is 2.67. The molecule has 2 rings (SSSR count). The predicted octanol–water partition coefficient (Wildman–Crippen LogP) is 2.79. The first-order valence-corrected chi connectivity index (χ1v) is 10.3. The average molecular weight is 391 g/mol. The van der Waals surface area contributed by atoms with Crippen molar-refractivity contribution in [2.75, 3.05) is 26.5 Å². The number of nitrogens with one attached hydrogen (secondary N) is 1. The van der Waals surface area contributed by atoms with Crippen LogP contribution in [0.5, 0.6) is 11.5 Å². The van der Waals surface area contributed by atoms with Gasteiger partial charge in [0.2, 0.25) is 5.91 Å². The van der Waals surface area contributed by atoms with Crippen LogP contribution < -0.4 is 14.8 Å². The van der Waals surface area contributed by atoms with E-state index < -0.39 is 9.84 Å². The number of hydrogen-bond donors (Lipinski definition) is 1. The SMILES string of the molecule is COc1ccc(S(=O)(=O)CCNC(=O)CC(C)c2ccccc2)cc1OC. The third-order valence-electron chi connectivity index (χ3n) is 4.27. The van der Waals surface area contributed by atoms with E-state index in [0.717, 1.165) is 5.56 Å². The molecule has 1 amide bonds. The van der Waals surface area contributed by atoms with E-state index in [4.69, 9.17) is 9.47 Å². The van der Waals surface area contributed by atoms with Gasteiger partial charge < -0.3 is 14.8 Å². The first kappa shape index (κ1) is 20.8. The lowest BCUT2D eigenvalue weighted by molar-refractivity contribution is -0.121. The zero-order valence-electron chi connectivity index (χ0n) is 15.8. The fourth-order valence-corrected chi connectivity index (χ4v) is 3.87. The maximum Gasteiger partial charge on any atom is 0.220 e. The van der Waals surface area contributed by atoms with E-state index in [1.54, 1.807) is 6.07 Å². The molecule has 0 aromatic heterocycles. The zero-order chi connectivity index (χ0) is 19.9. The molecule has 27 heavy (non-hydrogen) atoms. The Labute approximate surface area is 160 Å². The van der Waals surface area contributed by atoms with Crippen LogP contribution >= 0.6 is 0 Å². The van der Waals surface area contributed by atoms with Crippen molar-refractivity contribution in [1.29, 1.82) is 0 Å². The van der Waals surface area contributed by atoms with Crippen molar-refractivity contribution >= 4 is 15.7 Å². The van der Waals surface area contributed by atoms with Gasteiger partial charge in [0.15, 0.2) is 21.3 Å². The Morgan fingerprint density at radius 2 is 1.70 bits per heavy atom. The highest BCUT2D eigenvalue weighted by molar-refractivity contribution is 7.91. The van der Waals surface area contributed by atoms with Gasteiger partial charge >= 0.3 is 0 Å². The van der Waals surface area contributed by atoms with E-state index in [-0.39, 0.29) is 29.0 Å². The van der Waals surface area contributed by atoms with Gasteiger partial charge in [-0.3, -0.25) is 4.79 Å². The number of methoxy groups -OCH3 is 2. The summed E-state index contributed by atoms with van der Waals surface area (Å²) in [4.78, 5) is 12.2. The summed E-state index contributed by atoms with van der Waals surface area (Å²) in [5.74, 6) is 0.509. The van der Waals surface area contributed by atoms with Crippen LogP contribution in [0.2, 0.25) is 0 Å². The van der Waals surface area contributed by atoms with Crippen LogP contribution in [0.4, 0.5) is 0 Å². The smallest absolute Gasteiger partial charge is 0.220 e. The largest absolute Gasteiger partial charge is 0.493 e. The number of ether oxygens (including phenoxy) is 2. The number of carbonyl (C=O) groups is 1. The van der Waals surface area contributed by atoms with Crippen molar-refractivity contribution in [3.05, 3.63) is 54.1 Å². The summed E-state index contributed by atoms with van der Waals surface area (Å²) >= 11 is 0. The molecule has 0 heterocycles. The zero-order valence-corrected chi connectivity index (χ0v) is 16.6. The van der Waals surface area contributed by atoms with Gasteiger partial charge in [-0.15, -0.1) is 0 Å². The second kappa shape index (κ2) is 9.41. The number of carbonyl (C=O) groups excluding carboxylic acids is 1. The standard InChI is InChI=1S/C20H25NO5S/c1-15(16-7-5-4-6-8-16)13-20(22)21-11-12-27(23,24)17-9-10-18(25-2)19(14-17)26-3/h4-10,14-15H,11-13H2,1-3H3,(H,21,22). The highest BCUT2D eigenvalue weighted by atomic mass is 32.2. The van der Waals surface area contributed by atoms with E-state index in [0.29, 0.717) is 17.9 Å². The van der Waals surface area contributed by atoms with Crippen molar-refractivity contribution in [3.63, 3.8) is 0 Å². The van der Waals surface area contributed by atoms with Crippen molar-refractivity contribution in [2.45, 2.75) is 24.2 Å². The lowest BCUT2D eigenvalue weighted by Crippen LogP contribution is -2.29. The summed E-state index contributed by atoms with van der Waals surface area (Å²) in [6.45, 7) is 2.02. The van der Waals surface area contributed by atoms with E-state index in [1.807, 2.05) is 37.3 Å². The summed E-state index contributed by atoms with van der Waals surface area (Å²) < 4.78 is 35.2. The van der Waals surface area contributed by atoms with E-state index >= 15 is 0 Å². The van der Waals surface area contributed by atoms with Gasteiger partial charge in [-0.1, -0.05) is 37.3 Å². The van der Waals surface area contributed by atoms with Crippen LogP contribution in [0.25, 0.3) is 0 Å². The highest BCUT2D eigenvalue weighted by Crippen LogP contribution is 2.29. The van der Waals surface area contributed by atoms with Crippen molar-refractivity contribution in [3.8, 4) is 11.5 Å². The van der Waals surface area contributed by atoms with E-state index in [2.05, 4.69) is 5.32 Å². The first-order chi connectivity index (χ1) is 12.9. The molecule has 0 bridgehead atoms. The number of rotatable bonds is 9. The Morgan fingerprint density at radius 1 is 1.04 bits per heavy atom. The topological polar surface area (TPSA) is 81.7 Å². The lowest BCUT2D eigenvalue weighted by Gasteiger charge is -2.13. The van der Waals surface area contributed by atoms with Gasteiger partial charge in [-0.05, 0) is 23.6 Å². The molecule has 2 aromatic rings. The molecule has 146 valence electrons. The number of sulfone groups is 1. The van der Waals surface area contributed by atoms with Crippen LogP contribution in [0.15, 0.2) is 53.4 Å². The quantitative estimate of drug-likeness (QED) is 0.711. The van der Waals surface area contributed by atoms with E-state index in [9.17, 15) is 13.2 Å².